The van der Waals surface area contributed by atoms with E-state index in [0.717, 1.165) is 45.6 Å². The molecule has 3 rings (SSSR count). The van der Waals surface area contributed by atoms with E-state index in [1.54, 1.807) is 0 Å². The highest BCUT2D eigenvalue weighted by Gasteiger charge is 2.24. The molecule has 25 heavy (non-hydrogen) atoms. The Labute approximate surface area is 149 Å². The molecule has 0 aliphatic carbocycles. The first-order valence-corrected chi connectivity index (χ1v) is 9.16. The van der Waals surface area contributed by atoms with Crippen molar-refractivity contribution in [2.45, 2.75) is 31.9 Å². The van der Waals surface area contributed by atoms with E-state index in [9.17, 15) is 9.59 Å². The second-order valence-corrected chi connectivity index (χ2v) is 6.69. The summed E-state index contributed by atoms with van der Waals surface area (Å²) < 4.78 is 5.34. The van der Waals surface area contributed by atoms with Gasteiger partial charge < -0.3 is 15.0 Å². The lowest BCUT2D eigenvalue weighted by molar-refractivity contribution is -0.133. The minimum Gasteiger partial charge on any atom is -0.368 e. The monoisotopic (exact) mass is 345 g/mol. The van der Waals surface area contributed by atoms with Crippen LogP contribution in [0.15, 0.2) is 30.3 Å². The highest BCUT2D eigenvalue weighted by Crippen LogP contribution is 2.12. The molecule has 136 valence electrons. The first-order chi connectivity index (χ1) is 12.2. The van der Waals surface area contributed by atoms with Crippen LogP contribution in [0.5, 0.6) is 0 Å². The Balaban J connectivity index is 1.33. The van der Waals surface area contributed by atoms with E-state index in [2.05, 4.69) is 34.5 Å². The van der Waals surface area contributed by atoms with Crippen molar-refractivity contribution in [2.24, 2.45) is 0 Å². The van der Waals surface area contributed by atoms with Crippen LogP contribution >= 0.6 is 0 Å². The molecule has 1 aromatic rings. The van der Waals surface area contributed by atoms with Crippen LogP contribution in [-0.2, 0) is 20.9 Å². The summed E-state index contributed by atoms with van der Waals surface area (Å²) in [6.45, 7) is 5.27. The zero-order valence-corrected chi connectivity index (χ0v) is 14.7. The van der Waals surface area contributed by atoms with Crippen LogP contribution in [-0.4, -0.2) is 67.0 Å². The molecule has 0 saturated carbocycles. The smallest absolute Gasteiger partial charge is 0.249 e. The number of hydrogen-bond donors (Lipinski definition) is 1. The van der Waals surface area contributed by atoms with Crippen molar-refractivity contribution in [2.75, 3.05) is 39.3 Å². The number of rotatable bonds is 6. The fraction of sp³-hybridized carbons (Fsp3) is 0.579. The summed E-state index contributed by atoms with van der Waals surface area (Å²) in [5, 5.41) is 2.81. The van der Waals surface area contributed by atoms with Crippen molar-refractivity contribution in [3.05, 3.63) is 35.9 Å². The Bertz CT molecular complexity index is 565. The topological polar surface area (TPSA) is 61.9 Å². The van der Waals surface area contributed by atoms with Gasteiger partial charge in [-0.25, -0.2) is 0 Å². The van der Waals surface area contributed by atoms with Gasteiger partial charge >= 0.3 is 0 Å². The minimum absolute atomic E-state index is 0.0852. The van der Waals surface area contributed by atoms with Gasteiger partial charge in [-0.3, -0.25) is 14.5 Å². The van der Waals surface area contributed by atoms with Gasteiger partial charge in [-0.1, -0.05) is 30.3 Å². The van der Waals surface area contributed by atoms with Crippen LogP contribution in [0, 0.1) is 0 Å². The number of carbonyl (C=O) groups excluding carboxylic acids is 2. The summed E-state index contributed by atoms with van der Waals surface area (Å²) in [5.41, 5.74) is 1.30. The molecule has 0 spiro atoms. The third kappa shape index (κ3) is 5.28. The molecule has 0 radical (unpaired) electrons. The van der Waals surface area contributed by atoms with Gasteiger partial charge in [-0.15, -0.1) is 0 Å². The van der Waals surface area contributed by atoms with Gasteiger partial charge in [0.2, 0.25) is 11.8 Å². The molecule has 1 unspecified atom stereocenters. The molecule has 2 saturated heterocycles. The Morgan fingerprint density at radius 1 is 1.12 bits per heavy atom. The number of amides is 2. The number of nitrogens with one attached hydrogen (secondary N) is 1. The van der Waals surface area contributed by atoms with E-state index >= 15 is 0 Å². The fourth-order valence-corrected chi connectivity index (χ4v) is 3.35. The van der Waals surface area contributed by atoms with Crippen molar-refractivity contribution in [1.29, 1.82) is 0 Å². The summed E-state index contributed by atoms with van der Waals surface area (Å²) in [6, 6.07) is 10.4. The molecule has 1 N–H and O–H groups in total. The van der Waals surface area contributed by atoms with Gasteiger partial charge in [-0.2, -0.15) is 0 Å². The Morgan fingerprint density at radius 2 is 1.88 bits per heavy atom. The zero-order chi connectivity index (χ0) is 17.5. The second-order valence-electron chi connectivity index (χ2n) is 6.69. The third-order valence-electron chi connectivity index (χ3n) is 4.83. The molecule has 2 heterocycles. The van der Waals surface area contributed by atoms with Crippen LogP contribution in [0.25, 0.3) is 0 Å². The maximum absolute atomic E-state index is 12.3. The van der Waals surface area contributed by atoms with Crippen molar-refractivity contribution >= 4 is 11.8 Å². The van der Waals surface area contributed by atoms with Crippen LogP contribution in [0.3, 0.4) is 0 Å². The molecule has 0 aromatic heterocycles. The Hall–Kier alpha value is -1.92. The summed E-state index contributed by atoms with van der Waals surface area (Å²) in [7, 11) is 0. The van der Waals surface area contributed by atoms with Gasteiger partial charge in [0.05, 0.1) is 0 Å². The van der Waals surface area contributed by atoms with Crippen molar-refractivity contribution in [3.63, 3.8) is 0 Å². The molecule has 1 atom stereocenters. The lowest BCUT2D eigenvalue weighted by Gasteiger charge is -2.34. The van der Waals surface area contributed by atoms with Gasteiger partial charge in [0.1, 0.15) is 6.10 Å². The van der Waals surface area contributed by atoms with Gasteiger partial charge in [0.15, 0.2) is 0 Å². The predicted molar refractivity (Wildman–Crippen MR) is 94.9 cm³/mol. The number of piperazine rings is 1. The highest BCUT2D eigenvalue weighted by molar-refractivity contribution is 5.82. The van der Waals surface area contributed by atoms with Crippen LogP contribution in [0.1, 0.15) is 24.8 Å². The fourth-order valence-electron chi connectivity index (χ4n) is 3.35. The van der Waals surface area contributed by atoms with E-state index in [1.165, 1.54) is 5.56 Å². The molecule has 2 amide bonds. The lowest BCUT2D eigenvalue weighted by atomic mass is 10.2. The number of ether oxygens (including phenoxy) is 1. The average Bonchev–Trinajstić information content (AvgIpc) is 3.18. The number of nitrogens with zero attached hydrogens (tertiary/aromatic N) is 2. The molecule has 6 heteroatoms. The van der Waals surface area contributed by atoms with Crippen LogP contribution in [0.4, 0.5) is 0 Å². The van der Waals surface area contributed by atoms with E-state index < -0.39 is 0 Å². The number of carbonyl (C=O) groups is 2. The molecule has 2 aliphatic rings. The molecule has 0 bridgehead atoms. The predicted octanol–water partition coefficient (Wildman–Crippen LogP) is 1.02. The summed E-state index contributed by atoms with van der Waals surface area (Å²) in [4.78, 5) is 28.4. The van der Waals surface area contributed by atoms with Crippen molar-refractivity contribution in [1.82, 2.24) is 15.1 Å². The van der Waals surface area contributed by atoms with Gasteiger partial charge in [0.25, 0.3) is 0 Å². The van der Waals surface area contributed by atoms with Crippen LogP contribution in [0.2, 0.25) is 0 Å². The summed E-state index contributed by atoms with van der Waals surface area (Å²) >= 11 is 0. The van der Waals surface area contributed by atoms with E-state index in [0.29, 0.717) is 19.6 Å². The Morgan fingerprint density at radius 3 is 2.56 bits per heavy atom. The van der Waals surface area contributed by atoms with E-state index in [4.69, 9.17) is 4.74 Å². The van der Waals surface area contributed by atoms with E-state index in [-0.39, 0.29) is 17.9 Å². The normalized spacial score (nSPS) is 21.3. The highest BCUT2D eigenvalue weighted by atomic mass is 16.5. The maximum Gasteiger partial charge on any atom is 0.249 e. The standard InChI is InChI=1S/C19H27N3O3/c23-18(8-9-20-19(24)17-7-4-14-25-17)22-12-10-21(11-13-22)15-16-5-2-1-3-6-16/h1-3,5-6,17H,4,7-15H2,(H,20,24). The van der Waals surface area contributed by atoms with Gasteiger partial charge in [-0.05, 0) is 18.4 Å². The van der Waals surface area contributed by atoms with Gasteiger partial charge in [0, 0.05) is 52.3 Å². The Kier molecular flexibility index (Phi) is 6.42. The van der Waals surface area contributed by atoms with Crippen molar-refractivity contribution < 1.29 is 14.3 Å². The first-order valence-electron chi connectivity index (χ1n) is 9.16. The number of hydrogen-bond acceptors (Lipinski definition) is 4. The molecule has 1 aromatic carbocycles. The summed E-state index contributed by atoms with van der Waals surface area (Å²) in [6.07, 6.45) is 1.75. The third-order valence-corrected chi connectivity index (χ3v) is 4.83. The minimum atomic E-state index is -0.323. The van der Waals surface area contributed by atoms with Crippen LogP contribution < -0.4 is 5.32 Å². The molecular formula is C19H27N3O3. The average molecular weight is 345 g/mol. The van der Waals surface area contributed by atoms with E-state index in [1.807, 2.05) is 11.0 Å². The second kappa shape index (κ2) is 8.97. The molecule has 2 aliphatic heterocycles. The molecular weight excluding hydrogens is 318 g/mol. The maximum atomic E-state index is 12.3. The lowest BCUT2D eigenvalue weighted by Crippen LogP contribution is -2.49. The SMILES string of the molecule is O=C(NCCC(=O)N1CCN(Cc2ccccc2)CC1)C1CCCO1. The van der Waals surface area contributed by atoms with Crippen molar-refractivity contribution in [3.8, 4) is 0 Å². The zero-order valence-electron chi connectivity index (χ0n) is 14.7. The largest absolute Gasteiger partial charge is 0.368 e. The summed E-state index contributed by atoms with van der Waals surface area (Å²) in [5.74, 6) is 0.0324. The number of benzene rings is 1. The quantitative estimate of drug-likeness (QED) is 0.836. The molecule has 6 nitrogen and oxygen atoms in total. The first kappa shape index (κ1) is 17.9. The molecule has 2 fully saturated rings.